The van der Waals surface area contributed by atoms with Gasteiger partial charge in [-0.3, -0.25) is 4.79 Å². The lowest BCUT2D eigenvalue weighted by atomic mass is 9.98. The number of carbonyl (C=O) groups is 1. The Morgan fingerprint density at radius 3 is 1.64 bits per heavy atom. The zero-order valence-corrected chi connectivity index (χ0v) is 32.4. The Hall–Kier alpha value is -2.57. The van der Waals surface area contributed by atoms with Crippen LogP contribution in [0.2, 0.25) is 0 Å². The summed E-state index contributed by atoms with van der Waals surface area (Å²) in [6.45, 7) is 2.97. The fraction of sp³-hybridized carbons (Fsp3) is 0.683. The van der Waals surface area contributed by atoms with Crippen molar-refractivity contribution in [2.75, 3.05) is 33.0 Å². The summed E-state index contributed by atoms with van der Waals surface area (Å²) in [5, 5.41) is 71.1. The maximum absolute atomic E-state index is 12.3. The predicted octanol–water partition coefficient (Wildman–Crippen LogP) is 2.83. The van der Waals surface area contributed by atoms with Gasteiger partial charge in [0.15, 0.2) is 12.6 Å². The summed E-state index contributed by atoms with van der Waals surface area (Å²) in [6, 6.07) is 0. The van der Waals surface area contributed by atoms with Crippen molar-refractivity contribution in [3.8, 4) is 0 Å². The highest BCUT2D eigenvalue weighted by Crippen LogP contribution is 2.26. The quantitative estimate of drug-likeness (QED) is 0.0363. The van der Waals surface area contributed by atoms with Gasteiger partial charge < -0.3 is 64.2 Å². The third kappa shape index (κ3) is 19.4. The molecule has 0 spiro atoms. The molecular formula is C41H66O14. The van der Waals surface area contributed by atoms with Crippen molar-refractivity contribution in [2.45, 2.75) is 146 Å². The van der Waals surface area contributed by atoms with E-state index in [2.05, 4.69) is 79.8 Å². The summed E-state index contributed by atoms with van der Waals surface area (Å²) < 4.78 is 33.4. The van der Waals surface area contributed by atoms with Crippen molar-refractivity contribution in [2.24, 2.45) is 0 Å². The SMILES string of the molecule is CC/C=C\C/C=C\C/C=C\C/C=C\C/C=C\C/C=C\CCCOCC(COC1OC(COC2OC(CO)C(O)C(O)C2O)C(O)C(O)C1O)OC(=O)CCC. The molecule has 2 aliphatic rings. The zero-order valence-electron chi connectivity index (χ0n) is 32.4. The first kappa shape index (κ1) is 48.6. The first-order valence-corrected chi connectivity index (χ1v) is 19.5. The van der Waals surface area contributed by atoms with Crippen molar-refractivity contribution < 1.29 is 69.0 Å². The molecule has 0 saturated carbocycles. The number of hydrogen-bond donors (Lipinski definition) is 7. The minimum absolute atomic E-state index is 0.0108. The molecule has 0 amide bonds. The van der Waals surface area contributed by atoms with Crippen molar-refractivity contribution in [1.82, 2.24) is 0 Å². The van der Waals surface area contributed by atoms with Gasteiger partial charge in [0, 0.05) is 13.0 Å². The van der Waals surface area contributed by atoms with Crippen LogP contribution < -0.4 is 0 Å². The van der Waals surface area contributed by atoms with Crippen molar-refractivity contribution in [1.29, 1.82) is 0 Å². The maximum atomic E-state index is 12.3. The topological polar surface area (TPSA) is 214 Å². The van der Waals surface area contributed by atoms with E-state index in [1.807, 2.05) is 6.92 Å². The molecule has 2 saturated heterocycles. The number of ether oxygens (including phenoxy) is 6. The normalized spacial score (nSPS) is 29.9. The van der Waals surface area contributed by atoms with Gasteiger partial charge in [0.05, 0.1) is 26.4 Å². The second-order valence-corrected chi connectivity index (χ2v) is 13.4. The monoisotopic (exact) mass is 782 g/mol. The van der Waals surface area contributed by atoms with Gasteiger partial charge in [0.25, 0.3) is 0 Å². The highest BCUT2D eigenvalue weighted by molar-refractivity contribution is 5.69. The molecule has 2 fully saturated rings. The molecule has 0 aromatic rings. The second-order valence-electron chi connectivity index (χ2n) is 13.4. The first-order valence-electron chi connectivity index (χ1n) is 19.5. The number of carbonyl (C=O) groups excluding carboxylic acids is 1. The van der Waals surface area contributed by atoms with Crippen molar-refractivity contribution in [3.63, 3.8) is 0 Å². The van der Waals surface area contributed by atoms with Crippen molar-refractivity contribution in [3.05, 3.63) is 72.9 Å². The standard InChI is InChI=1S/C41H66O14/c1-3-5-6-7-8-9-10-11-12-13-14-15-16-17-18-19-20-21-22-23-25-50-27-30(53-33(43)24-4-2)28-51-40-39(49)37(47)35(45)32(55-40)29-52-41-38(48)36(46)34(44)31(26-42)54-41/h5-6,8-9,11-12,14-15,17-18,20-21,30-32,34-42,44-49H,3-4,7,10,13,16,19,22-29H2,1-2H3/b6-5-,9-8-,12-11-,15-14-,18-17-,21-20-. The van der Waals surface area contributed by atoms with Crippen LogP contribution in [0.1, 0.15) is 78.1 Å². The minimum atomic E-state index is -1.71. The smallest absolute Gasteiger partial charge is 0.306 e. The first-order chi connectivity index (χ1) is 26.6. The molecule has 0 aromatic carbocycles. The molecule has 55 heavy (non-hydrogen) atoms. The van der Waals surface area contributed by atoms with E-state index in [1.54, 1.807) is 0 Å². The number of rotatable bonds is 27. The molecule has 2 heterocycles. The Morgan fingerprint density at radius 2 is 1.11 bits per heavy atom. The lowest BCUT2D eigenvalue weighted by Gasteiger charge is -2.42. The third-order valence-electron chi connectivity index (χ3n) is 8.70. The Balaban J connectivity index is 1.71. The number of allylic oxidation sites excluding steroid dienone is 12. The summed E-state index contributed by atoms with van der Waals surface area (Å²) in [5.74, 6) is -0.455. The molecule has 11 atom stereocenters. The van der Waals surface area contributed by atoms with Crippen LogP contribution in [-0.2, 0) is 33.2 Å². The molecule has 2 aliphatic heterocycles. The Labute approximate surface area is 326 Å². The summed E-state index contributed by atoms with van der Waals surface area (Å²) in [4.78, 5) is 12.3. The van der Waals surface area contributed by atoms with E-state index < -0.39 is 86.7 Å². The average molecular weight is 783 g/mol. The molecular weight excluding hydrogens is 716 g/mol. The molecule has 2 rings (SSSR count). The number of unbranched alkanes of at least 4 members (excludes halogenated alkanes) is 1. The van der Waals surface area contributed by atoms with E-state index in [-0.39, 0.29) is 19.6 Å². The molecule has 14 nitrogen and oxygen atoms in total. The Kier molecular flexibility index (Phi) is 26.2. The molecule has 0 aliphatic carbocycles. The lowest BCUT2D eigenvalue weighted by molar-refractivity contribution is -0.332. The van der Waals surface area contributed by atoms with Crippen molar-refractivity contribution >= 4 is 5.97 Å². The van der Waals surface area contributed by atoms with Crippen LogP contribution in [0.15, 0.2) is 72.9 Å². The van der Waals surface area contributed by atoms with Gasteiger partial charge in [-0.15, -0.1) is 0 Å². The zero-order chi connectivity index (χ0) is 40.3. The van der Waals surface area contributed by atoms with Gasteiger partial charge in [0.1, 0.15) is 54.9 Å². The molecule has 314 valence electrons. The van der Waals surface area contributed by atoms with E-state index in [0.29, 0.717) is 13.0 Å². The van der Waals surface area contributed by atoms with E-state index >= 15 is 0 Å². The molecule has 0 radical (unpaired) electrons. The van der Waals surface area contributed by atoms with Gasteiger partial charge in [-0.2, -0.15) is 0 Å². The molecule has 0 aromatic heterocycles. The average Bonchev–Trinajstić information content (AvgIpc) is 3.17. The fourth-order valence-electron chi connectivity index (χ4n) is 5.51. The highest BCUT2D eigenvalue weighted by atomic mass is 16.7. The number of aliphatic hydroxyl groups excluding tert-OH is 7. The second kappa shape index (κ2) is 29.6. The lowest BCUT2D eigenvalue weighted by Crippen LogP contribution is -2.61. The van der Waals surface area contributed by atoms with Crippen LogP contribution >= 0.6 is 0 Å². The number of hydrogen-bond acceptors (Lipinski definition) is 14. The maximum Gasteiger partial charge on any atom is 0.306 e. The Morgan fingerprint density at radius 1 is 0.618 bits per heavy atom. The number of esters is 1. The van der Waals surface area contributed by atoms with Gasteiger partial charge in [-0.25, -0.2) is 0 Å². The largest absolute Gasteiger partial charge is 0.457 e. The summed E-state index contributed by atoms with van der Waals surface area (Å²) in [7, 11) is 0. The van der Waals surface area contributed by atoms with E-state index in [9.17, 15) is 40.5 Å². The molecule has 14 heteroatoms. The summed E-state index contributed by atoms with van der Waals surface area (Å²) in [6.07, 6.45) is 17.5. The van der Waals surface area contributed by atoms with E-state index in [1.165, 1.54) is 0 Å². The number of aliphatic hydroxyl groups is 7. The van der Waals surface area contributed by atoms with Gasteiger partial charge in [0.2, 0.25) is 0 Å². The van der Waals surface area contributed by atoms with Gasteiger partial charge >= 0.3 is 5.97 Å². The fourth-order valence-corrected chi connectivity index (χ4v) is 5.51. The van der Waals surface area contributed by atoms with Crippen LogP contribution in [-0.4, -0.2) is 142 Å². The molecule has 7 N–H and O–H groups in total. The van der Waals surface area contributed by atoms with Gasteiger partial charge in [-0.05, 0) is 57.8 Å². The highest BCUT2D eigenvalue weighted by Gasteiger charge is 2.47. The van der Waals surface area contributed by atoms with Crippen LogP contribution in [0, 0.1) is 0 Å². The minimum Gasteiger partial charge on any atom is -0.457 e. The summed E-state index contributed by atoms with van der Waals surface area (Å²) >= 11 is 0. The third-order valence-corrected chi connectivity index (χ3v) is 8.70. The summed E-state index contributed by atoms with van der Waals surface area (Å²) in [5.41, 5.74) is 0. The van der Waals surface area contributed by atoms with Crippen LogP contribution in [0.3, 0.4) is 0 Å². The molecule has 0 bridgehead atoms. The van der Waals surface area contributed by atoms with E-state index in [4.69, 9.17) is 28.4 Å². The van der Waals surface area contributed by atoms with Crippen LogP contribution in [0.5, 0.6) is 0 Å². The van der Waals surface area contributed by atoms with E-state index in [0.717, 1.165) is 51.4 Å². The van der Waals surface area contributed by atoms with Crippen LogP contribution in [0.25, 0.3) is 0 Å². The predicted molar refractivity (Wildman–Crippen MR) is 205 cm³/mol. The van der Waals surface area contributed by atoms with Gasteiger partial charge in [-0.1, -0.05) is 86.8 Å². The van der Waals surface area contributed by atoms with Crippen LogP contribution in [0.4, 0.5) is 0 Å². The molecule has 11 unspecified atom stereocenters. The Bertz CT molecular complexity index is 1180.